The molecule has 7 heteroatoms. The van der Waals surface area contributed by atoms with Gasteiger partial charge in [-0.1, -0.05) is 13.8 Å². The molecule has 2 aliphatic rings. The highest BCUT2D eigenvalue weighted by Crippen LogP contribution is 2.46. The van der Waals surface area contributed by atoms with Crippen molar-refractivity contribution in [2.24, 2.45) is 7.05 Å². The fraction of sp³-hybridized carbons (Fsp3) is 0.429. The highest BCUT2D eigenvalue weighted by molar-refractivity contribution is 6.58. The van der Waals surface area contributed by atoms with Crippen LogP contribution in [0.5, 0.6) is 0 Å². The molecule has 4 rings (SSSR count). The third-order valence-corrected chi connectivity index (χ3v) is 6.57. The topological polar surface area (TPSA) is 25.8 Å². The molecule has 0 saturated carbocycles. The van der Waals surface area contributed by atoms with E-state index >= 15 is 8.63 Å². The molecule has 0 aliphatic carbocycles. The quantitative estimate of drug-likeness (QED) is 0.710. The number of hydrogen-bond acceptors (Lipinski definition) is 1. The summed E-state index contributed by atoms with van der Waals surface area (Å²) < 4.78 is 36.5. The summed E-state index contributed by atoms with van der Waals surface area (Å²) in [4.78, 5) is 0. The molecular weight excluding hydrogens is 357 g/mol. The number of nitrogens with zero attached hydrogens (tertiary/aromatic N) is 4. The molecule has 2 aromatic rings. The predicted molar refractivity (Wildman–Crippen MR) is 110 cm³/mol. The minimum Gasteiger partial charge on any atom is -0.393 e. The lowest BCUT2D eigenvalue weighted by molar-refractivity contribution is -0.363. The highest BCUT2D eigenvalue weighted by Gasteiger charge is 2.57. The third kappa shape index (κ3) is 2.10. The van der Waals surface area contributed by atoms with Gasteiger partial charge in [0.15, 0.2) is 5.70 Å². The van der Waals surface area contributed by atoms with Gasteiger partial charge in [0.2, 0.25) is 0 Å². The third-order valence-electron chi connectivity index (χ3n) is 6.57. The van der Waals surface area contributed by atoms with Gasteiger partial charge in [0, 0.05) is 37.0 Å². The van der Waals surface area contributed by atoms with Crippen molar-refractivity contribution in [3.63, 3.8) is 0 Å². The Labute approximate surface area is 164 Å². The van der Waals surface area contributed by atoms with Crippen LogP contribution in [0.2, 0.25) is 0 Å². The molecule has 0 spiro atoms. The van der Waals surface area contributed by atoms with Gasteiger partial charge in [-0.3, -0.25) is 4.68 Å². The van der Waals surface area contributed by atoms with Gasteiger partial charge in [-0.05, 0) is 56.5 Å². The molecule has 4 nitrogen and oxygen atoms in total. The average molecular weight is 384 g/mol. The Hall–Kier alpha value is -2.44. The summed E-state index contributed by atoms with van der Waals surface area (Å²) in [6.45, 7) is 7.68. The maximum absolute atomic E-state index is 16.0. The molecule has 0 radical (unpaired) electrons. The summed E-state index contributed by atoms with van der Waals surface area (Å²) in [7, 11) is 1.87. The molecule has 0 N–H and O–H groups in total. The second-order valence-electron chi connectivity index (χ2n) is 7.83. The van der Waals surface area contributed by atoms with Crippen LogP contribution < -0.4 is 0 Å². The smallest absolute Gasteiger partial charge is 0.393 e. The first-order valence-corrected chi connectivity index (χ1v) is 9.97. The minimum atomic E-state index is -3.97. The van der Waals surface area contributed by atoms with Gasteiger partial charge < -0.3 is 17.6 Å². The van der Waals surface area contributed by atoms with Crippen molar-refractivity contribution in [3.8, 4) is 0 Å². The number of fused-ring (bicyclic) bond motifs is 2. The maximum Gasteiger partial charge on any atom is 0.737 e. The number of halogens is 2. The van der Waals surface area contributed by atoms with E-state index in [1.165, 1.54) is 8.96 Å². The van der Waals surface area contributed by atoms with Crippen LogP contribution in [0.4, 0.5) is 8.63 Å². The van der Waals surface area contributed by atoms with Crippen LogP contribution in [0.15, 0.2) is 29.1 Å². The SMILES string of the molecule is CCC1=C(C)C2=C(c3ccnn3C)c3c(C)c(CC)c(C)n3[B-](F)(F)[N+]2=C1C. The molecule has 2 aromatic heterocycles. The lowest BCUT2D eigenvalue weighted by Crippen LogP contribution is -2.51. The molecular formula is C21H27BF2N4. The minimum absolute atomic E-state index is 0.638. The Morgan fingerprint density at radius 2 is 1.79 bits per heavy atom. The van der Waals surface area contributed by atoms with Crippen LogP contribution in [0.3, 0.4) is 0 Å². The maximum atomic E-state index is 16.0. The average Bonchev–Trinajstić information content (AvgIpc) is 3.24. The Morgan fingerprint density at radius 1 is 1.11 bits per heavy atom. The van der Waals surface area contributed by atoms with E-state index in [2.05, 4.69) is 5.10 Å². The number of allylic oxidation sites excluding steroid dienone is 2. The largest absolute Gasteiger partial charge is 0.737 e. The summed E-state index contributed by atoms with van der Waals surface area (Å²) >= 11 is 0. The lowest BCUT2D eigenvalue weighted by atomic mass is 9.85. The summed E-state index contributed by atoms with van der Waals surface area (Å²) in [5.74, 6) is 0. The molecule has 0 fully saturated rings. The second-order valence-corrected chi connectivity index (χ2v) is 7.83. The normalized spacial score (nSPS) is 18.3. The Bertz CT molecular complexity index is 1110. The van der Waals surface area contributed by atoms with Crippen LogP contribution >= 0.6 is 0 Å². The molecule has 0 bridgehead atoms. The van der Waals surface area contributed by atoms with Gasteiger partial charge >= 0.3 is 6.97 Å². The van der Waals surface area contributed by atoms with E-state index in [1.54, 1.807) is 10.9 Å². The van der Waals surface area contributed by atoms with Crippen LogP contribution in [0.25, 0.3) is 5.57 Å². The van der Waals surface area contributed by atoms with Gasteiger partial charge in [0.05, 0.1) is 11.3 Å². The Kier molecular flexibility index (Phi) is 4.07. The Morgan fingerprint density at radius 3 is 2.32 bits per heavy atom. The van der Waals surface area contributed by atoms with E-state index in [4.69, 9.17) is 0 Å². The van der Waals surface area contributed by atoms with Gasteiger partial charge in [-0.25, -0.2) is 0 Å². The summed E-state index contributed by atoms with van der Waals surface area (Å²) in [6, 6.07) is 1.92. The van der Waals surface area contributed by atoms with Gasteiger partial charge in [-0.2, -0.15) is 5.10 Å². The zero-order valence-corrected chi connectivity index (χ0v) is 17.7. The number of hydrogen-bond donors (Lipinski definition) is 0. The zero-order chi connectivity index (χ0) is 20.5. The molecule has 0 aromatic carbocycles. The summed E-state index contributed by atoms with van der Waals surface area (Å²) in [5.41, 5.74) is 8.22. The van der Waals surface area contributed by atoms with Crippen molar-refractivity contribution in [3.05, 3.63) is 57.3 Å². The molecule has 0 saturated heterocycles. The summed E-state index contributed by atoms with van der Waals surface area (Å²) in [6.07, 6.45) is 3.19. The van der Waals surface area contributed by atoms with Crippen molar-refractivity contribution in [1.29, 1.82) is 0 Å². The van der Waals surface area contributed by atoms with E-state index in [9.17, 15) is 0 Å². The van der Waals surface area contributed by atoms with Gasteiger partial charge in [0.25, 0.3) is 0 Å². The molecule has 4 heterocycles. The van der Waals surface area contributed by atoms with Crippen molar-refractivity contribution < 1.29 is 13.1 Å². The molecule has 28 heavy (non-hydrogen) atoms. The first-order valence-electron chi connectivity index (χ1n) is 9.97. The first-order chi connectivity index (χ1) is 13.2. The van der Waals surface area contributed by atoms with E-state index < -0.39 is 6.97 Å². The van der Waals surface area contributed by atoms with E-state index in [-0.39, 0.29) is 0 Å². The van der Waals surface area contributed by atoms with Gasteiger partial charge in [-0.15, -0.1) is 0 Å². The van der Waals surface area contributed by atoms with Crippen molar-refractivity contribution in [1.82, 2.24) is 14.3 Å². The monoisotopic (exact) mass is 384 g/mol. The highest BCUT2D eigenvalue weighted by atomic mass is 19.2. The van der Waals surface area contributed by atoms with E-state index in [0.29, 0.717) is 22.8 Å². The molecule has 148 valence electrons. The first kappa shape index (κ1) is 18.9. The predicted octanol–water partition coefficient (Wildman–Crippen LogP) is 4.61. The van der Waals surface area contributed by atoms with E-state index in [1.807, 2.05) is 54.7 Å². The standard InChI is InChI=1S/C21H27BF2N4/c1-8-16-12(3)20-19(18-10-11-25-26(18)7)21-13(4)17(9-2)15(6)28(21)22(23,24)27(20)14(16)5/h10-11H,8-9H2,1-7H3. The number of rotatable bonds is 3. The van der Waals surface area contributed by atoms with Crippen molar-refractivity contribution >= 4 is 18.3 Å². The Balaban J connectivity index is 2.25. The lowest BCUT2D eigenvalue weighted by Gasteiger charge is -2.33. The van der Waals surface area contributed by atoms with Crippen molar-refractivity contribution in [2.45, 2.75) is 54.4 Å². The van der Waals surface area contributed by atoms with Gasteiger partial charge in [0.1, 0.15) is 5.71 Å². The van der Waals surface area contributed by atoms with E-state index in [0.717, 1.165) is 46.4 Å². The molecule has 0 unspecified atom stereocenters. The molecule has 0 atom stereocenters. The fourth-order valence-electron chi connectivity index (χ4n) is 5.34. The van der Waals surface area contributed by atoms with Crippen LogP contribution in [-0.4, -0.2) is 31.4 Å². The van der Waals surface area contributed by atoms with Crippen LogP contribution in [-0.2, 0) is 13.5 Å². The summed E-state index contributed by atoms with van der Waals surface area (Å²) in [5, 5.41) is 4.33. The zero-order valence-electron chi connectivity index (χ0n) is 17.7. The molecule has 2 aliphatic heterocycles. The second kappa shape index (κ2) is 6.03. The fourth-order valence-corrected chi connectivity index (χ4v) is 5.34. The number of aromatic nitrogens is 3. The molecule has 0 amide bonds. The van der Waals surface area contributed by atoms with Crippen LogP contribution in [0, 0.1) is 13.8 Å². The number of aryl methyl sites for hydroxylation is 1. The van der Waals surface area contributed by atoms with Crippen LogP contribution in [0.1, 0.15) is 62.3 Å². The van der Waals surface area contributed by atoms with Crippen molar-refractivity contribution in [2.75, 3.05) is 0 Å².